The first-order valence-corrected chi connectivity index (χ1v) is 15.7. The summed E-state index contributed by atoms with van der Waals surface area (Å²) in [5.41, 5.74) is 11.9. The van der Waals surface area contributed by atoms with Crippen LogP contribution >= 0.6 is 0 Å². The molecule has 1 heterocycles. The van der Waals surface area contributed by atoms with Crippen molar-refractivity contribution in [1.82, 2.24) is 41.6 Å². The van der Waals surface area contributed by atoms with Gasteiger partial charge in [0, 0.05) is 12.8 Å². The van der Waals surface area contributed by atoms with Gasteiger partial charge >= 0.3 is 12.0 Å². The van der Waals surface area contributed by atoms with E-state index in [1.807, 2.05) is 0 Å². The highest BCUT2D eigenvalue weighted by Gasteiger charge is 2.26. The average molecular weight is 676 g/mol. The highest BCUT2D eigenvalue weighted by Crippen LogP contribution is 2.05. The maximum absolute atomic E-state index is 13.1. The molecule has 2 rings (SSSR count). The fourth-order valence-electron chi connectivity index (χ4n) is 4.47. The number of alkyl halides is 1. The third kappa shape index (κ3) is 14.6. The number of nitrogens with zero attached hydrogens (tertiary/aromatic N) is 3. The van der Waals surface area contributed by atoms with Crippen LogP contribution in [-0.2, 0) is 36.8 Å². The first kappa shape index (κ1) is 39.2. The number of carbonyl (C=O) groups excluding carboxylic acids is 5. The fourth-order valence-corrected chi connectivity index (χ4v) is 4.47. The summed E-state index contributed by atoms with van der Waals surface area (Å²) in [6.07, 6.45) is 3.77. The molecule has 3 atom stereocenters. The normalized spacial score (nSPS) is 12.6. The van der Waals surface area contributed by atoms with E-state index in [0.717, 1.165) is 4.68 Å². The van der Waals surface area contributed by atoms with Crippen LogP contribution in [0.3, 0.4) is 0 Å². The van der Waals surface area contributed by atoms with Crippen LogP contribution in [0.2, 0.25) is 0 Å². The van der Waals surface area contributed by atoms with Gasteiger partial charge in [-0.25, -0.2) is 9.59 Å². The quantitative estimate of drug-likeness (QED) is 0.0666. The number of carbonyl (C=O) groups is 6. The fraction of sp³-hybridized carbons (Fsp3) is 0.533. The van der Waals surface area contributed by atoms with Crippen LogP contribution in [-0.4, -0.2) is 107 Å². The number of carboxylic acid groups (broad SMARTS) is 1. The van der Waals surface area contributed by atoms with Crippen molar-refractivity contribution < 1.29 is 38.3 Å². The number of nitrogens with one attached hydrogen (secondary N) is 5. The zero-order valence-corrected chi connectivity index (χ0v) is 26.7. The Morgan fingerprint density at radius 2 is 1.35 bits per heavy atom. The summed E-state index contributed by atoms with van der Waals surface area (Å²) in [4.78, 5) is 75.6. The van der Waals surface area contributed by atoms with Crippen LogP contribution in [0.15, 0.2) is 36.5 Å². The summed E-state index contributed by atoms with van der Waals surface area (Å²) in [5.74, 6) is -4.07. The molecule has 17 nitrogen and oxygen atoms in total. The van der Waals surface area contributed by atoms with E-state index in [-0.39, 0.29) is 31.4 Å². The molecule has 0 saturated carbocycles. The molecule has 18 heteroatoms. The number of amides is 5. The zero-order valence-electron chi connectivity index (χ0n) is 26.7. The Morgan fingerprint density at radius 3 is 1.92 bits per heavy atom. The number of halogens is 1. The largest absolute Gasteiger partial charge is 0.480 e. The number of carboxylic acids is 1. The Kier molecular flexibility index (Phi) is 17.8. The van der Waals surface area contributed by atoms with Crippen molar-refractivity contribution in [3.63, 3.8) is 0 Å². The molecular weight excluding hydrogens is 630 g/mol. The molecule has 0 bridgehead atoms. The molecule has 0 aliphatic carbocycles. The number of nitrogens with two attached hydrogens (primary N) is 2. The molecular formula is C30H45FN10O7. The molecule has 2 aromatic rings. The Hall–Kier alpha value is -4.97. The van der Waals surface area contributed by atoms with E-state index in [9.17, 15) is 38.3 Å². The summed E-state index contributed by atoms with van der Waals surface area (Å²) < 4.78 is 13.5. The molecule has 5 amide bonds. The Labute approximate surface area is 277 Å². The van der Waals surface area contributed by atoms with Crippen molar-refractivity contribution >= 4 is 35.6 Å². The Bertz CT molecular complexity index is 1340. The van der Waals surface area contributed by atoms with Gasteiger partial charge in [-0.3, -0.25) is 23.6 Å². The number of hydrogen-bond donors (Lipinski definition) is 8. The lowest BCUT2D eigenvalue weighted by molar-refractivity contribution is -0.142. The molecule has 1 aromatic heterocycles. The van der Waals surface area contributed by atoms with Crippen LogP contribution < -0.4 is 38.1 Å². The summed E-state index contributed by atoms with van der Waals surface area (Å²) >= 11 is 0. The third-order valence-corrected chi connectivity index (χ3v) is 7.02. The van der Waals surface area contributed by atoms with Gasteiger partial charge in [0.05, 0.1) is 31.7 Å². The number of unbranched alkanes of at least 4 members (excludes halogenated alkanes) is 2. The smallest absolute Gasteiger partial charge is 0.344 e. The SMILES string of the molecule is NCCCC[C@H](NC(=O)CNC(=O)[C@H](Cc1ccccc1)NC(=O)CNC(=O)[C@H](CCCCN)NC(=O)n1cc(CC[18F])nn1)C(=O)O. The molecule has 0 fully saturated rings. The van der Waals surface area contributed by atoms with Crippen molar-refractivity contribution in [1.29, 1.82) is 0 Å². The van der Waals surface area contributed by atoms with Crippen molar-refractivity contribution in [2.24, 2.45) is 11.5 Å². The van der Waals surface area contributed by atoms with E-state index in [4.69, 9.17) is 11.5 Å². The number of hydrogen-bond acceptors (Lipinski definition) is 10. The van der Waals surface area contributed by atoms with Crippen molar-refractivity contribution in [2.75, 3.05) is 32.9 Å². The van der Waals surface area contributed by atoms with Gasteiger partial charge in [-0.1, -0.05) is 35.5 Å². The predicted octanol–water partition coefficient (Wildman–Crippen LogP) is -1.50. The van der Waals surface area contributed by atoms with Gasteiger partial charge in [0.15, 0.2) is 0 Å². The molecule has 0 saturated heterocycles. The second-order valence-electron chi connectivity index (χ2n) is 10.9. The van der Waals surface area contributed by atoms with E-state index in [0.29, 0.717) is 44.3 Å². The van der Waals surface area contributed by atoms with Crippen molar-refractivity contribution in [3.8, 4) is 0 Å². The molecule has 0 aliphatic rings. The second-order valence-corrected chi connectivity index (χ2v) is 10.9. The monoisotopic (exact) mass is 675 g/mol. The van der Waals surface area contributed by atoms with Crippen LogP contribution in [0, 0.1) is 0 Å². The summed E-state index contributed by atoms with van der Waals surface area (Å²) in [5, 5.41) is 29.0. The molecule has 1 aromatic carbocycles. The maximum atomic E-state index is 13.1. The van der Waals surface area contributed by atoms with Gasteiger partial charge in [-0.2, -0.15) is 4.68 Å². The van der Waals surface area contributed by atoms with E-state index < -0.39 is 73.5 Å². The number of aromatic nitrogens is 3. The third-order valence-electron chi connectivity index (χ3n) is 7.02. The number of rotatable bonds is 22. The lowest BCUT2D eigenvalue weighted by Gasteiger charge is -2.21. The summed E-state index contributed by atoms with van der Waals surface area (Å²) in [6.45, 7) is -1.02. The molecule has 0 radical (unpaired) electrons. The van der Waals surface area contributed by atoms with Crippen molar-refractivity contribution in [2.45, 2.75) is 69.5 Å². The molecule has 10 N–H and O–H groups in total. The lowest BCUT2D eigenvalue weighted by atomic mass is 10.1. The lowest BCUT2D eigenvalue weighted by Crippen LogP contribution is -2.54. The minimum absolute atomic E-state index is 0.0277. The highest BCUT2D eigenvalue weighted by atomic mass is 18.2. The number of aliphatic carboxylic acids is 1. The molecule has 0 unspecified atom stereocenters. The Balaban J connectivity index is 2.02. The molecule has 0 spiro atoms. The molecule has 264 valence electrons. The van der Waals surface area contributed by atoms with Crippen LogP contribution in [0.4, 0.5) is 9.18 Å². The van der Waals surface area contributed by atoms with Gasteiger partial charge in [0.1, 0.15) is 18.1 Å². The van der Waals surface area contributed by atoms with Crippen LogP contribution in [0.1, 0.15) is 49.8 Å². The molecule has 0 aliphatic heterocycles. The Morgan fingerprint density at radius 1 is 0.792 bits per heavy atom. The van der Waals surface area contributed by atoms with E-state index in [1.165, 1.54) is 6.20 Å². The first-order chi connectivity index (χ1) is 23.1. The van der Waals surface area contributed by atoms with Gasteiger partial charge in [0.25, 0.3) is 0 Å². The van der Waals surface area contributed by atoms with Gasteiger partial charge in [-0.15, -0.1) is 5.10 Å². The minimum atomic E-state index is -1.22. The van der Waals surface area contributed by atoms with Gasteiger partial charge in [-0.05, 0) is 57.2 Å². The molecule has 48 heavy (non-hydrogen) atoms. The number of benzene rings is 1. The van der Waals surface area contributed by atoms with E-state index in [1.54, 1.807) is 30.3 Å². The number of aryl methyl sites for hydroxylation is 1. The van der Waals surface area contributed by atoms with Crippen molar-refractivity contribution in [3.05, 3.63) is 47.8 Å². The standard InChI is InChI=1S/C30H45FN10O7/c31-13-12-21-19-41(40-39-21)30(48)38-22(10-4-6-14-32)27(44)34-18-26(43)37-24(16-20-8-2-1-3-9-20)28(45)35-17-25(42)36-23(29(46)47)11-5-7-15-33/h1-3,8-9,19,22-24H,4-7,10-18,32-33H2,(H,34,44)(H,35,45)(H,36,42)(H,37,43)(H,38,48)(H,46,47)/t22-,23-,24-/m0/s1/i31-1. The van der Waals surface area contributed by atoms with E-state index in [2.05, 4.69) is 36.9 Å². The summed E-state index contributed by atoms with van der Waals surface area (Å²) in [7, 11) is 0. The van der Waals surface area contributed by atoms with Crippen LogP contribution in [0.5, 0.6) is 0 Å². The average Bonchev–Trinajstić information content (AvgIpc) is 3.54. The van der Waals surface area contributed by atoms with Gasteiger partial charge < -0.3 is 43.2 Å². The minimum Gasteiger partial charge on any atom is -0.480 e. The van der Waals surface area contributed by atoms with Gasteiger partial charge in [0.2, 0.25) is 23.6 Å². The summed E-state index contributed by atoms with van der Waals surface area (Å²) in [6, 6.07) is 4.59. The maximum Gasteiger partial charge on any atom is 0.344 e. The topological polar surface area (TPSA) is 266 Å². The van der Waals surface area contributed by atoms with Crippen LogP contribution in [0.25, 0.3) is 0 Å². The van der Waals surface area contributed by atoms with E-state index >= 15 is 0 Å². The second kappa shape index (κ2) is 21.8. The highest BCUT2D eigenvalue weighted by molar-refractivity contribution is 5.94. The predicted molar refractivity (Wildman–Crippen MR) is 171 cm³/mol. The first-order valence-electron chi connectivity index (χ1n) is 15.7. The zero-order chi connectivity index (χ0) is 35.3.